The Morgan fingerprint density at radius 2 is 1.75 bits per heavy atom. The summed E-state index contributed by atoms with van der Waals surface area (Å²) in [6.45, 7) is 2.55. The maximum Gasteiger partial charge on any atom is 0.246 e. The second kappa shape index (κ2) is 11.5. The van der Waals surface area contributed by atoms with Crippen LogP contribution in [0.15, 0.2) is 54.7 Å². The molecule has 3 aromatic rings. The van der Waals surface area contributed by atoms with Gasteiger partial charge in [-0.2, -0.15) is 0 Å². The SMILES string of the molecule is CN[C@@H](Cc1c[nH]c2ccccc12)C(=O)N[C@@H](CCCCN)C(=O)Nc1ccc(C)cc1. The van der Waals surface area contributed by atoms with Crippen LogP contribution in [0.5, 0.6) is 0 Å². The Morgan fingerprint density at radius 3 is 2.47 bits per heavy atom. The number of unbranched alkanes of at least 4 members (excludes halogenated alkanes) is 1. The Labute approximate surface area is 189 Å². The Bertz CT molecular complexity index is 1030. The number of anilines is 1. The van der Waals surface area contributed by atoms with Crippen LogP contribution in [-0.2, 0) is 16.0 Å². The van der Waals surface area contributed by atoms with Gasteiger partial charge in [-0.3, -0.25) is 9.59 Å². The molecule has 2 aromatic carbocycles. The molecule has 2 amide bonds. The molecule has 0 aliphatic heterocycles. The van der Waals surface area contributed by atoms with Crippen LogP contribution < -0.4 is 21.7 Å². The van der Waals surface area contributed by atoms with Crippen molar-refractivity contribution >= 4 is 28.4 Å². The van der Waals surface area contributed by atoms with Crippen molar-refractivity contribution in [2.75, 3.05) is 18.9 Å². The summed E-state index contributed by atoms with van der Waals surface area (Å²) in [4.78, 5) is 29.3. The number of H-pyrrole nitrogens is 1. The van der Waals surface area contributed by atoms with Gasteiger partial charge in [0.05, 0.1) is 6.04 Å². The summed E-state index contributed by atoms with van der Waals surface area (Å²) in [5, 5.41) is 10.1. The molecule has 0 unspecified atom stereocenters. The first kappa shape index (κ1) is 23.5. The molecule has 7 nitrogen and oxygen atoms in total. The summed E-state index contributed by atoms with van der Waals surface area (Å²) in [5.41, 5.74) is 9.54. The van der Waals surface area contributed by atoms with Crippen LogP contribution in [0.3, 0.4) is 0 Å². The number of aromatic amines is 1. The molecule has 6 N–H and O–H groups in total. The van der Waals surface area contributed by atoms with Crippen LogP contribution in [0.4, 0.5) is 5.69 Å². The first-order valence-electron chi connectivity index (χ1n) is 11.1. The van der Waals surface area contributed by atoms with Crippen molar-refractivity contribution in [3.63, 3.8) is 0 Å². The van der Waals surface area contributed by atoms with E-state index in [1.807, 2.05) is 61.7 Å². The molecular formula is C25H33N5O2. The maximum atomic E-state index is 13.1. The predicted octanol–water partition coefficient (Wildman–Crippen LogP) is 2.86. The summed E-state index contributed by atoms with van der Waals surface area (Å²) in [5.74, 6) is -0.421. The molecule has 32 heavy (non-hydrogen) atoms. The third-order valence-electron chi connectivity index (χ3n) is 5.66. The second-order valence-corrected chi connectivity index (χ2v) is 8.11. The third-order valence-corrected chi connectivity index (χ3v) is 5.66. The lowest BCUT2D eigenvalue weighted by atomic mass is 10.0. The molecule has 0 saturated carbocycles. The smallest absolute Gasteiger partial charge is 0.246 e. The van der Waals surface area contributed by atoms with Crippen LogP contribution in [-0.4, -0.2) is 42.5 Å². The zero-order valence-corrected chi connectivity index (χ0v) is 18.8. The molecule has 170 valence electrons. The first-order valence-corrected chi connectivity index (χ1v) is 11.1. The Kier molecular flexibility index (Phi) is 8.41. The van der Waals surface area contributed by atoms with Gasteiger partial charge in [-0.25, -0.2) is 0 Å². The average molecular weight is 436 g/mol. The van der Waals surface area contributed by atoms with E-state index < -0.39 is 12.1 Å². The number of aromatic nitrogens is 1. The van der Waals surface area contributed by atoms with E-state index in [1.165, 1.54) is 0 Å². The highest BCUT2D eigenvalue weighted by molar-refractivity contribution is 5.98. The number of para-hydroxylation sites is 1. The number of benzene rings is 2. The molecule has 1 aromatic heterocycles. The number of carbonyl (C=O) groups excluding carboxylic acids is 2. The molecule has 0 fully saturated rings. The van der Waals surface area contributed by atoms with Crippen molar-refractivity contribution < 1.29 is 9.59 Å². The minimum Gasteiger partial charge on any atom is -0.361 e. The van der Waals surface area contributed by atoms with Crippen molar-refractivity contribution in [1.29, 1.82) is 0 Å². The van der Waals surface area contributed by atoms with Gasteiger partial charge in [-0.15, -0.1) is 0 Å². The van der Waals surface area contributed by atoms with E-state index in [1.54, 1.807) is 7.05 Å². The standard InChI is InChI=1S/C25H33N5O2/c1-17-10-12-19(13-11-17)29-24(31)22(9-5-6-14-26)30-25(32)23(27-2)15-18-16-28-21-8-4-3-7-20(18)21/h3-4,7-8,10-13,16,22-23,27-28H,5-6,9,14-15,26H2,1-2H3,(H,29,31)(H,30,32)/t22-,23-/m0/s1. The van der Waals surface area contributed by atoms with Crippen molar-refractivity contribution in [3.8, 4) is 0 Å². The number of carbonyl (C=O) groups is 2. The number of fused-ring (bicyclic) bond motifs is 1. The van der Waals surface area contributed by atoms with Crippen LogP contribution in [0.1, 0.15) is 30.4 Å². The van der Waals surface area contributed by atoms with E-state index in [9.17, 15) is 9.59 Å². The van der Waals surface area contributed by atoms with E-state index in [0.717, 1.165) is 34.9 Å². The molecule has 0 radical (unpaired) electrons. The molecule has 0 aliphatic carbocycles. The number of hydrogen-bond donors (Lipinski definition) is 5. The van der Waals surface area contributed by atoms with E-state index in [4.69, 9.17) is 5.73 Å². The van der Waals surface area contributed by atoms with Gasteiger partial charge in [0.25, 0.3) is 0 Å². The average Bonchev–Trinajstić information content (AvgIpc) is 3.21. The van der Waals surface area contributed by atoms with Gasteiger partial charge in [0, 0.05) is 22.8 Å². The van der Waals surface area contributed by atoms with Crippen LogP contribution in [0.2, 0.25) is 0 Å². The maximum absolute atomic E-state index is 13.1. The fourth-order valence-electron chi connectivity index (χ4n) is 3.75. The highest BCUT2D eigenvalue weighted by atomic mass is 16.2. The molecule has 3 rings (SSSR count). The lowest BCUT2D eigenvalue weighted by Gasteiger charge is -2.22. The quantitative estimate of drug-likeness (QED) is 0.298. The van der Waals surface area contributed by atoms with Crippen molar-refractivity contribution in [2.24, 2.45) is 5.73 Å². The Balaban J connectivity index is 1.68. The van der Waals surface area contributed by atoms with Gasteiger partial charge >= 0.3 is 0 Å². The van der Waals surface area contributed by atoms with E-state index in [0.29, 0.717) is 25.1 Å². The molecule has 0 spiro atoms. The molecule has 2 atom stereocenters. The first-order chi connectivity index (χ1) is 15.5. The zero-order valence-electron chi connectivity index (χ0n) is 18.8. The number of rotatable bonds is 11. The number of nitrogens with two attached hydrogens (primary N) is 1. The second-order valence-electron chi connectivity index (χ2n) is 8.11. The summed E-state index contributed by atoms with van der Waals surface area (Å²) in [6.07, 6.45) is 4.54. The number of amides is 2. The Morgan fingerprint density at radius 1 is 1.00 bits per heavy atom. The summed E-state index contributed by atoms with van der Waals surface area (Å²) < 4.78 is 0. The molecular weight excluding hydrogens is 402 g/mol. The van der Waals surface area contributed by atoms with Crippen molar-refractivity contribution in [2.45, 2.75) is 44.7 Å². The molecule has 0 saturated heterocycles. The van der Waals surface area contributed by atoms with Crippen LogP contribution >= 0.6 is 0 Å². The predicted molar refractivity (Wildman–Crippen MR) is 129 cm³/mol. The Hall–Kier alpha value is -3.16. The van der Waals surface area contributed by atoms with Gasteiger partial charge in [0.2, 0.25) is 11.8 Å². The number of hydrogen-bond acceptors (Lipinski definition) is 4. The van der Waals surface area contributed by atoms with Crippen LogP contribution in [0.25, 0.3) is 10.9 Å². The van der Waals surface area contributed by atoms with Gasteiger partial charge in [-0.1, -0.05) is 35.9 Å². The minimum atomic E-state index is -0.630. The fourth-order valence-corrected chi connectivity index (χ4v) is 3.75. The lowest BCUT2D eigenvalue weighted by Crippen LogP contribution is -2.51. The monoisotopic (exact) mass is 435 g/mol. The summed E-state index contributed by atoms with van der Waals surface area (Å²) in [6, 6.07) is 14.5. The highest BCUT2D eigenvalue weighted by Crippen LogP contribution is 2.19. The topological polar surface area (TPSA) is 112 Å². The molecule has 7 heteroatoms. The van der Waals surface area contributed by atoms with Gasteiger partial charge < -0.3 is 26.7 Å². The number of nitrogens with one attached hydrogen (secondary N) is 4. The molecule has 0 aliphatic rings. The summed E-state index contributed by atoms with van der Waals surface area (Å²) in [7, 11) is 1.76. The van der Waals surface area contributed by atoms with Crippen molar-refractivity contribution in [3.05, 3.63) is 65.9 Å². The minimum absolute atomic E-state index is 0.199. The van der Waals surface area contributed by atoms with E-state index in [2.05, 4.69) is 20.9 Å². The lowest BCUT2D eigenvalue weighted by molar-refractivity contribution is -0.128. The highest BCUT2D eigenvalue weighted by Gasteiger charge is 2.25. The number of aryl methyl sites for hydroxylation is 1. The van der Waals surface area contributed by atoms with E-state index >= 15 is 0 Å². The van der Waals surface area contributed by atoms with E-state index in [-0.39, 0.29) is 11.8 Å². The van der Waals surface area contributed by atoms with Gasteiger partial charge in [0.1, 0.15) is 6.04 Å². The van der Waals surface area contributed by atoms with Gasteiger partial charge in [-0.05, 0) is 70.0 Å². The summed E-state index contributed by atoms with van der Waals surface area (Å²) >= 11 is 0. The van der Waals surface area contributed by atoms with Crippen LogP contribution in [0, 0.1) is 6.92 Å². The fraction of sp³-hybridized carbons (Fsp3) is 0.360. The largest absolute Gasteiger partial charge is 0.361 e. The number of likely N-dealkylation sites (N-methyl/N-ethyl adjacent to an activating group) is 1. The molecule has 0 bridgehead atoms. The van der Waals surface area contributed by atoms with Gasteiger partial charge in [0.15, 0.2) is 0 Å². The third kappa shape index (κ3) is 6.18. The zero-order chi connectivity index (χ0) is 22.9. The van der Waals surface area contributed by atoms with Crippen molar-refractivity contribution in [1.82, 2.24) is 15.6 Å². The normalized spacial score (nSPS) is 13.0. The molecule has 1 heterocycles.